The molecule has 2 heterocycles. The van der Waals surface area contributed by atoms with Crippen LogP contribution >= 0.6 is 11.3 Å². The number of hydrogen-bond donors (Lipinski definition) is 1. The Hall–Kier alpha value is -0.900. The molecule has 2 unspecified atom stereocenters. The van der Waals surface area contributed by atoms with Crippen molar-refractivity contribution in [2.75, 3.05) is 13.1 Å². The number of thiophene rings is 1. The summed E-state index contributed by atoms with van der Waals surface area (Å²) in [5.74, 6) is 0.676. The van der Waals surface area contributed by atoms with E-state index in [0.717, 1.165) is 13.1 Å². The standard InChI is InChI=1S/C15H20N2S/c1-11(16)12-6-7-17(8-12)9-13-10-18-15-5-3-2-4-14(13)15/h2-5,10-12H,6-9,16H2,1H3. The number of benzene rings is 1. The number of hydrogen-bond acceptors (Lipinski definition) is 3. The van der Waals surface area contributed by atoms with Gasteiger partial charge in [0.15, 0.2) is 0 Å². The highest BCUT2D eigenvalue weighted by Gasteiger charge is 2.25. The molecule has 0 radical (unpaired) electrons. The van der Waals surface area contributed by atoms with E-state index in [1.54, 1.807) is 0 Å². The van der Waals surface area contributed by atoms with E-state index in [9.17, 15) is 0 Å². The fourth-order valence-corrected chi connectivity index (χ4v) is 3.79. The molecule has 0 saturated carbocycles. The molecule has 0 aliphatic carbocycles. The summed E-state index contributed by atoms with van der Waals surface area (Å²) in [6.07, 6.45) is 1.25. The quantitative estimate of drug-likeness (QED) is 0.919. The lowest BCUT2D eigenvalue weighted by atomic mass is 10.0. The highest BCUT2D eigenvalue weighted by atomic mass is 32.1. The summed E-state index contributed by atoms with van der Waals surface area (Å²) in [5, 5.41) is 3.73. The average molecular weight is 260 g/mol. The van der Waals surface area contributed by atoms with Crippen molar-refractivity contribution in [1.29, 1.82) is 0 Å². The van der Waals surface area contributed by atoms with Crippen LogP contribution in [0.5, 0.6) is 0 Å². The number of rotatable bonds is 3. The Labute approximate surface area is 112 Å². The van der Waals surface area contributed by atoms with Gasteiger partial charge in [0.25, 0.3) is 0 Å². The Morgan fingerprint density at radius 2 is 2.28 bits per heavy atom. The molecule has 18 heavy (non-hydrogen) atoms. The van der Waals surface area contributed by atoms with Crippen molar-refractivity contribution >= 4 is 21.4 Å². The lowest BCUT2D eigenvalue weighted by Gasteiger charge is -2.17. The molecule has 1 fully saturated rings. The summed E-state index contributed by atoms with van der Waals surface area (Å²) in [5.41, 5.74) is 7.47. The third-order valence-electron chi connectivity index (χ3n) is 4.01. The molecule has 3 heteroatoms. The van der Waals surface area contributed by atoms with E-state index in [-0.39, 0.29) is 0 Å². The fourth-order valence-electron chi connectivity index (χ4n) is 2.83. The van der Waals surface area contributed by atoms with Gasteiger partial charge < -0.3 is 5.73 Å². The molecule has 2 aromatic rings. The third kappa shape index (κ3) is 2.30. The SMILES string of the molecule is CC(N)C1CCN(Cc2csc3ccccc23)C1. The van der Waals surface area contributed by atoms with Gasteiger partial charge in [-0.15, -0.1) is 11.3 Å². The van der Waals surface area contributed by atoms with Gasteiger partial charge in [0.1, 0.15) is 0 Å². The molecule has 2 nitrogen and oxygen atoms in total. The van der Waals surface area contributed by atoms with Crippen LogP contribution in [-0.2, 0) is 6.54 Å². The largest absolute Gasteiger partial charge is 0.328 e. The molecule has 1 aromatic heterocycles. The van der Waals surface area contributed by atoms with Crippen LogP contribution in [0.25, 0.3) is 10.1 Å². The van der Waals surface area contributed by atoms with Crippen molar-refractivity contribution in [3.63, 3.8) is 0 Å². The van der Waals surface area contributed by atoms with E-state index in [4.69, 9.17) is 5.73 Å². The van der Waals surface area contributed by atoms with Gasteiger partial charge in [0.05, 0.1) is 0 Å². The van der Waals surface area contributed by atoms with Crippen LogP contribution in [0, 0.1) is 5.92 Å². The number of likely N-dealkylation sites (tertiary alicyclic amines) is 1. The summed E-state index contributed by atoms with van der Waals surface area (Å²) < 4.78 is 1.40. The first kappa shape index (κ1) is 12.2. The number of nitrogens with zero attached hydrogens (tertiary/aromatic N) is 1. The first-order valence-corrected chi connectivity index (χ1v) is 7.55. The van der Waals surface area contributed by atoms with E-state index in [0.29, 0.717) is 12.0 Å². The van der Waals surface area contributed by atoms with E-state index < -0.39 is 0 Å². The summed E-state index contributed by atoms with van der Waals surface area (Å²) in [4.78, 5) is 2.54. The van der Waals surface area contributed by atoms with Crippen LogP contribution in [0.2, 0.25) is 0 Å². The van der Waals surface area contributed by atoms with Gasteiger partial charge in [-0.25, -0.2) is 0 Å². The smallest absolute Gasteiger partial charge is 0.0346 e. The predicted octanol–water partition coefficient (Wildman–Crippen LogP) is 3.07. The summed E-state index contributed by atoms with van der Waals surface area (Å²) in [7, 11) is 0. The second-order valence-electron chi connectivity index (χ2n) is 5.40. The molecular formula is C15H20N2S. The van der Waals surface area contributed by atoms with Crippen LogP contribution in [0.4, 0.5) is 0 Å². The van der Waals surface area contributed by atoms with E-state index in [2.05, 4.69) is 41.5 Å². The highest BCUT2D eigenvalue weighted by Crippen LogP contribution is 2.28. The minimum atomic E-state index is 0.328. The van der Waals surface area contributed by atoms with Crippen LogP contribution in [0.3, 0.4) is 0 Å². The van der Waals surface area contributed by atoms with E-state index >= 15 is 0 Å². The summed E-state index contributed by atoms with van der Waals surface area (Å²) >= 11 is 1.85. The molecule has 2 atom stereocenters. The molecule has 1 aromatic carbocycles. The molecule has 1 aliphatic heterocycles. The Morgan fingerprint density at radius 1 is 1.44 bits per heavy atom. The van der Waals surface area contributed by atoms with Crippen molar-refractivity contribution in [1.82, 2.24) is 4.90 Å². The zero-order valence-corrected chi connectivity index (χ0v) is 11.6. The molecule has 1 aliphatic rings. The molecule has 1 saturated heterocycles. The lowest BCUT2D eigenvalue weighted by Crippen LogP contribution is -2.29. The zero-order valence-electron chi connectivity index (χ0n) is 10.8. The van der Waals surface area contributed by atoms with Crippen molar-refractivity contribution in [3.05, 3.63) is 35.2 Å². The first-order valence-electron chi connectivity index (χ1n) is 6.67. The van der Waals surface area contributed by atoms with Crippen molar-refractivity contribution in [2.45, 2.75) is 25.9 Å². The molecule has 3 rings (SSSR count). The lowest BCUT2D eigenvalue weighted by molar-refractivity contribution is 0.310. The summed E-state index contributed by atoms with van der Waals surface area (Å²) in [6, 6.07) is 9.02. The maximum absolute atomic E-state index is 6.00. The second kappa shape index (κ2) is 5.00. The van der Waals surface area contributed by atoms with E-state index in [1.807, 2.05) is 11.3 Å². The summed E-state index contributed by atoms with van der Waals surface area (Å²) in [6.45, 7) is 5.56. The number of nitrogens with two attached hydrogens (primary N) is 1. The topological polar surface area (TPSA) is 29.3 Å². The molecule has 0 amide bonds. The molecule has 2 N–H and O–H groups in total. The molecule has 0 spiro atoms. The number of fused-ring (bicyclic) bond motifs is 1. The van der Waals surface area contributed by atoms with Crippen LogP contribution in [0.15, 0.2) is 29.6 Å². The average Bonchev–Trinajstić information content (AvgIpc) is 2.98. The van der Waals surface area contributed by atoms with Gasteiger partial charge in [-0.3, -0.25) is 4.90 Å². The Balaban J connectivity index is 1.74. The van der Waals surface area contributed by atoms with Gasteiger partial charge in [0.2, 0.25) is 0 Å². The Morgan fingerprint density at radius 3 is 3.06 bits per heavy atom. The zero-order chi connectivity index (χ0) is 12.5. The van der Waals surface area contributed by atoms with Crippen LogP contribution < -0.4 is 5.73 Å². The molecular weight excluding hydrogens is 240 g/mol. The minimum Gasteiger partial charge on any atom is -0.328 e. The maximum Gasteiger partial charge on any atom is 0.0346 e. The normalized spacial score (nSPS) is 22.7. The van der Waals surface area contributed by atoms with Gasteiger partial charge >= 0.3 is 0 Å². The van der Waals surface area contributed by atoms with Crippen molar-refractivity contribution < 1.29 is 0 Å². The fraction of sp³-hybridized carbons (Fsp3) is 0.467. The second-order valence-corrected chi connectivity index (χ2v) is 6.31. The Kier molecular flexibility index (Phi) is 3.37. The van der Waals surface area contributed by atoms with Crippen LogP contribution in [0.1, 0.15) is 18.9 Å². The van der Waals surface area contributed by atoms with Gasteiger partial charge in [-0.05, 0) is 48.2 Å². The predicted molar refractivity (Wildman–Crippen MR) is 78.9 cm³/mol. The monoisotopic (exact) mass is 260 g/mol. The minimum absolute atomic E-state index is 0.328. The van der Waals surface area contributed by atoms with Gasteiger partial charge in [-0.1, -0.05) is 18.2 Å². The van der Waals surface area contributed by atoms with Gasteiger partial charge in [-0.2, -0.15) is 0 Å². The maximum atomic E-state index is 6.00. The third-order valence-corrected chi connectivity index (χ3v) is 5.02. The highest BCUT2D eigenvalue weighted by molar-refractivity contribution is 7.17. The van der Waals surface area contributed by atoms with Crippen molar-refractivity contribution in [3.8, 4) is 0 Å². The first-order chi connectivity index (χ1) is 8.74. The molecule has 0 bridgehead atoms. The Bertz CT molecular complexity index is 532. The van der Waals surface area contributed by atoms with Crippen LogP contribution in [-0.4, -0.2) is 24.0 Å². The van der Waals surface area contributed by atoms with E-state index in [1.165, 1.54) is 28.6 Å². The van der Waals surface area contributed by atoms with Gasteiger partial charge in [0, 0.05) is 23.8 Å². The van der Waals surface area contributed by atoms with Crippen molar-refractivity contribution in [2.24, 2.45) is 11.7 Å². The molecule has 96 valence electrons.